The Balaban J connectivity index is 2.37. The lowest BCUT2D eigenvalue weighted by atomic mass is 9.84. The van der Waals surface area contributed by atoms with Crippen molar-refractivity contribution in [3.63, 3.8) is 0 Å². The number of amides is 1. The third kappa shape index (κ3) is 6.45. The summed E-state index contributed by atoms with van der Waals surface area (Å²) in [5.41, 5.74) is -3.67. The van der Waals surface area contributed by atoms with Crippen molar-refractivity contribution in [2.45, 2.75) is 78.3 Å². The largest absolute Gasteiger partial charge is 0.465 e. The molecule has 0 fully saturated rings. The topological polar surface area (TPSA) is 60.3 Å². The number of aromatic nitrogens is 1. The molecule has 0 atom stereocenters. The van der Waals surface area contributed by atoms with Gasteiger partial charge in [0.1, 0.15) is 6.54 Å². The number of hydrogen-bond acceptors (Lipinski definition) is 3. The number of aryl methyl sites for hydroxylation is 1. The number of benzene rings is 2. The first kappa shape index (κ1) is 31.0. The molecular formula is C29H32F6N2O3. The standard InChI is InChI=1S/C29H32F6N2O3/c1-8-40-25(39)27(6,7)18-9-10-22-21(14-18)16(2)24(37(22)15-23(38)36-26(3,4)5)17-11-19(28(30,31)32)13-20(12-17)29(33,34)35/h9-14H,8,15H2,1-7H3,(H,36,38). The lowest BCUT2D eigenvalue weighted by Gasteiger charge is -2.23. The van der Waals surface area contributed by atoms with E-state index in [1.807, 2.05) is 0 Å². The van der Waals surface area contributed by atoms with Gasteiger partial charge in [0.15, 0.2) is 0 Å². The van der Waals surface area contributed by atoms with Crippen molar-refractivity contribution in [3.8, 4) is 11.3 Å². The second-order valence-corrected chi connectivity index (χ2v) is 11.2. The van der Waals surface area contributed by atoms with Crippen LogP contribution in [0.2, 0.25) is 0 Å². The van der Waals surface area contributed by atoms with Gasteiger partial charge in [-0.15, -0.1) is 0 Å². The fourth-order valence-electron chi connectivity index (χ4n) is 4.57. The molecule has 0 saturated carbocycles. The molecule has 1 heterocycles. The predicted molar refractivity (Wildman–Crippen MR) is 140 cm³/mol. The van der Waals surface area contributed by atoms with Gasteiger partial charge < -0.3 is 14.6 Å². The highest BCUT2D eigenvalue weighted by atomic mass is 19.4. The average Bonchev–Trinajstić information content (AvgIpc) is 3.07. The summed E-state index contributed by atoms with van der Waals surface area (Å²) < 4.78 is 88.7. The van der Waals surface area contributed by atoms with Crippen molar-refractivity contribution in [3.05, 3.63) is 58.7 Å². The molecule has 218 valence electrons. The molecule has 2 aromatic carbocycles. The SMILES string of the molecule is CCOC(=O)C(C)(C)c1ccc2c(c1)c(C)c(-c1cc(C(F)(F)F)cc(C(F)(F)F)c1)n2CC(=O)NC(C)(C)C. The molecule has 0 aliphatic rings. The number of fused-ring (bicyclic) bond motifs is 1. The van der Waals surface area contributed by atoms with Gasteiger partial charge in [0.05, 0.1) is 28.8 Å². The summed E-state index contributed by atoms with van der Waals surface area (Å²) in [5, 5.41) is 3.25. The molecule has 0 unspecified atom stereocenters. The van der Waals surface area contributed by atoms with Gasteiger partial charge in [0.25, 0.3) is 0 Å². The molecule has 0 aliphatic heterocycles. The highest BCUT2D eigenvalue weighted by molar-refractivity contribution is 5.95. The first-order valence-corrected chi connectivity index (χ1v) is 12.6. The number of nitrogens with one attached hydrogen (secondary N) is 1. The Kier molecular flexibility index (Phi) is 8.13. The highest BCUT2D eigenvalue weighted by Crippen LogP contribution is 2.42. The van der Waals surface area contributed by atoms with Crippen LogP contribution in [0.5, 0.6) is 0 Å². The van der Waals surface area contributed by atoms with Crippen LogP contribution >= 0.6 is 0 Å². The second kappa shape index (κ2) is 10.5. The van der Waals surface area contributed by atoms with E-state index in [0.29, 0.717) is 34.2 Å². The quantitative estimate of drug-likeness (QED) is 0.248. The minimum Gasteiger partial charge on any atom is -0.465 e. The third-order valence-electron chi connectivity index (χ3n) is 6.50. The van der Waals surface area contributed by atoms with Gasteiger partial charge in [-0.25, -0.2) is 0 Å². The zero-order valence-electron chi connectivity index (χ0n) is 23.3. The Morgan fingerprint density at radius 2 is 1.40 bits per heavy atom. The lowest BCUT2D eigenvalue weighted by molar-refractivity contribution is -0.149. The van der Waals surface area contributed by atoms with Crippen LogP contribution in [-0.2, 0) is 38.6 Å². The van der Waals surface area contributed by atoms with E-state index in [2.05, 4.69) is 5.32 Å². The molecule has 1 N–H and O–H groups in total. The van der Waals surface area contributed by atoms with E-state index in [-0.39, 0.29) is 30.5 Å². The third-order valence-corrected chi connectivity index (χ3v) is 6.50. The maximum atomic E-state index is 13.7. The second-order valence-electron chi connectivity index (χ2n) is 11.2. The Bertz CT molecular complexity index is 1410. The lowest BCUT2D eigenvalue weighted by Crippen LogP contribution is -2.42. The summed E-state index contributed by atoms with van der Waals surface area (Å²) in [4.78, 5) is 25.6. The van der Waals surface area contributed by atoms with Crippen molar-refractivity contribution in [1.29, 1.82) is 0 Å². The van der Waals surface area contributed by atoms with Gasteiger partial charge in [-0.1, -0.05) is 6.07 Å². The Morgan fingerprint density at radius 3 is 1.88 bits per heavy atom. The van der Waals surface area contributed by atoms with Crippen LogP contribution in [0, 0.1) is 6.92 Å². The minimum absolute atomic E-state index is 0.0294. The van der Waals surface area contributed by atoms with Gasteiger partial charge in [-0.05, 0) is 95.5 Å². The van der Waals surface area contributed by atoms with Crippen LogP contribution in [0.4, 0.5) is 26.3 Å². The van der Waals surface area contributed by atoms with Crippen molar-refractivity contribution in [2.75, 3.05) is 6.61 Å². The predicted octanol–water partition coefficient (Wildman–Crippen LogP) is 7.41. The minimum atomic E-state index is -5.04. The summed E-state index contributed by atoms with van der Waals surface area (Å²) in [5.74, 6) is -0.978. The molecule has 3 aromatic rings. The first-order chi connectivity index (χ1) is 18.2. The van der Waals surface area contributed by atoms with E-state index in [9.17, 15) is 35.9 Å². The molecule has 0 bridgehead atoms. The van der Waals surface area contributed by atoms with Gasteiger partial charge in [0.2, 0.25) is 5.91 Å². The molecule has 0 saturated heterocycles. The number of carbonyl (C=O) groups is 2. The van der Waals surface area contributed by atoms with Crippen molar-refractivity contribution in [1.82, 2.24) is 9.88 Å². The average molecular weight is 571 g/mol. The Hall–Kier alpha value is -3.50. The summed E-state index contributed by atoms with van der Waals surface area (Å²) in [6.07, 6.45) is -10.1. The van der Waals surface area contributed by atoms with E-state index in [0.717, 1.165) is 0 Å². The number of esters is 1. The molecule has 0 radical (unpaired) electrons. The molecule has 5 nitrogen and oxygen atoms in total. The normalized spacial score (nSPS) is 13.0. The smallest absolute Gasteiger partial charge is 0.416 e. The number of hydrogen-bond donors (Lipinski definition) is 1. The zero-order chi connectivity index (χ0) is 30.4. The van der Waals surface area contributed by atoms with E-state index in [1.54, 1.807) is 66.7 Å². The van der Waals surface area contributed by atoms with Crippen LogP contribution in [-0.4, -0.2) is 28.6 Å². The monoisotopic (exact) mass is 570 g/mol. The molecule has 40 heavy (non-hydrogen) atoms. The Labute approximate surface area is 228 Å². The summed E-state index contributed by atoms with van der Waals surface area (Å²) >= 11 is 0. The van der Waals surface area contributed by atoms with E-state index in [1.165, 1.54) is 4.57 Å². The van der Waals surface area contributed by atoms with E-state index < -0.39 is 46.3 Å². The fraction of sp³-hybridized carbons (Fsp3) is 0.448. The summed E-state index contributed by atoms with van der Waals surface area (Å²) in [6, 6.07) is 6.26. The van der Waals surface area contributed by atoms with E-state index >= 15 is 0 Å². The molecule has 0 spiro atoms. The highest BCUT2D eigenvalue weighted by Gasteiger charge is 2.38. The van der Waals surface area contributed by atoms with Crippen molar-refractivity contribution in [2.24, 2.45) is 0 Å². The number of carbonyl (C=O) groups excluding carboxylic acids is 2. The fourth-order valence-corrected chi connectivity index (χ4v) is 4.57. The first-order valence-electron chi connectivity index (χ1n) is 12.6. The zero-order valence-corrected chi connectivity index (χ0v) is 23.3. The summed E-state index contributed by atoms with van der Waals surface area (Å²) in [6.45, 7) is 11.6. The van der Waals surface area contributed by atoms with Crippen LogP contribution < -0.4 is 5.32 Å². The van der Waals surface area contributed by atoms with Crippen LogP contribution in [0.3, 0.4) is 0 Å². The molecule has 3 rings (SSSR count). The number of ether oxygens (including phenoxy) is 1. The van der Waals surface area contributed by atoms with Crippen LogP contribution in [0.1, 0.15) is 63.8 Å². The Morgan fingerprint density at radius 1 is 0.850 bits per heavy atom. The number of halogens is 6. The number of alkyl halides is 6. The van der Waals surface area contributed by atoms with Gasteiger partial charge in [-0.2, -0.15) is 26.3 Å². The molecule has 0 aliphatic carbocycles. The van der Waals surface area contributed by atoms with Gasteiger partial charge in [-0.3, -0.25) is 9.59 Å². The number of rotatable bonds is 6. The molecule has 1 aromatic heterocycles. The molecular weight excluding hydrogens is 538 g/mol. The van der Waals surface area contributed by atoms with Crippen LogP contribution in [0.25, 0.3) is 22.2 Å². The maximum absolute atomic E-state index is 13.7. The van der Waals surface area contributed by atoms with Crippen LogP contribution in [0.15, 0.2) is 36.4 Å². The van der Waals surface area contributed by atoms with Gasteiger partial charge >= 0.3 is 18.3 Å². The van der Waals surface area contributed by atoms with Crippen molar-refractivity contribution >= 4 is 22.8 Å². The maximum Gasteiger partial charge on any atom is 0.416 e. The molecule has 11 heteroatoms. The molecule has 1 amide bonds. The van der Waals surface area contributed by atoms with Gasteiger partial charge in [0, 0.05) is 16.4 Å². The van der Waals surface area contributed by atoms with Crippen molar-refractivity contribution < 1.29 is 40.7 Å². The number of nitrogens with zero attached hydrogens (tertiary/aromatic N) is 1. The van der Waals surface area contributed by atoms with E-state index in [4.69, 9.17) is 4.74 Å². The summed E-state index contributed by atoms with van der Waals surface area (Å²) in [7, 11) is 0.